The molecule has 1 aliphatic carbocycles. The lowest BCUT2D eigenvalue weighted by Crippen LogP contribution is -2.33. The Morgan fingerprint density at radius 2 is 1.64 bits per heavy atom. The molecule has 1 N–H and O–H groups in total. The minimum atomic E-state index is 0.754. The molecule has 1 heterocycles. The maximum absolute atomic E-state index is 3.68. The molecule has 0 bridgehead atoms. The molecule has 5 atom stereocenters. The second-order valence-corrected chi connectivity index (χ2v) is 5.68. The van der Waals surface area contributed by atoms with Crippen molar-refractivity contribution in [2.24, 2.45) is 17.8 Å². The number of hydrogen-bond acceptors (Lipinski definition) is 1. The van der Waals surface area contributed by atoms with Crippen molar-refractivity contribution < 1.29 is 0 Å². The molecule has 5 unspecified atom stereocenters. The van der Waals surface area contributed by atoms with E-state index in [0.29, 0.717) is 0 Å². The van der Waals surface area contributed by atoms with Crippen LogP contribution in [0.2, 0.25) is 0 Å². The van der Waals surface area contributed by atoms with E-state index >= 15 is 0 Å². The fourth-order valence-electron chi connectivity index (χ4n) is 3.78. The maximum Gasteiger partial charge on any atom is 0.00728 e. The molecule has 2 fully saturated rings. The van der Waals surface area contributed by atoms with Crippen molar-refractivity contribution in [3.8, 4) is 0 Å². The summed E-state index contributed by atoms with van der Waals surface area (Å²) in [6, 6.07) is 1.51. The number of hydrogen-bond donors (Lipinski definition) is 1. The van der Waals surface area contributed by atoms with Gasteiger partial charge < -0.3 is 5.32 Å². The summed E-state index contributed by atoms with van der Waals surface area (Å²) in [6.07, 6.45) is 7.33. The highest BCUT2D eigenvalue weighted by Crippen LogP contribution is 2.40. The van der Waals surface area contributed by atoms with Crippen molar-refractivity contribution in [3.63, 3.8) is 0 Å². The van der Waals surface area contributed by atoms with Crippen molar-refractivity contribution in [1.82, 2.24) is 5.32 Å². The molecule has 0 radical (unpaired) electrons. The highest BCUT2D eigenvalue weighted by molar-refractivity contribution is 4.92. The summed E-state index contributed by atoms with van der Waals surface area (Å²) >= 11 is 0. The lowest BCUT2D eigenvalue weighted by molar-refractivity contribution is 0.165. The minimum Gasteiger partial charge on any atom is -0.311 e. The van der Waals surface area contributed by atoms with Gasteiger partial charge in [-0.15, -0.1) is 0 Å². The van der Waals surface area contributed by atoms with E-state index in [4.69, 9.17) is 0 Å². The van der Waals surface area contributed by atoms with Crippen LogP contribution in [0.3, 0.4) is 0 Å². The normalized spacial score (nSPS) is 49.5. The average Bonchev–Trinajstić information content (AvgIpc) is 2.46. The first-order chi connectivity index (χ1) is 6.68. The van der Waals surface area contributed by atoms with Gasteiger partial charge in [0.2, 0.25) is 0 Å². The molecule has 1 heteroatoms. The first-order valence-electron chi connectivity index (χ1n) is 6.44. The zero-order chi connectivity index (χ0) is 10.1. The van der Waals surface area contributed by atoms with Crippen LogP contribution in [0.5, 0.6) is 0 Å². The molecular formula is C13H25N. The predicted octanol–water partition coefficient (Wildman–Crippen LogP) is 3.20. The summed E-state index contributed by atoms with van der Waals surface area (Å²) in [6.45, 7) is 7.19. The molecule has 1 nitrogen and oxygen atoms in total. The summed E-state index contributed by atoms with van der Waals surface area (Å²) in [5.74, 6) is 2.94. The molecule has 0 aromatic heterocycles. The SMILES string of the molecule is CC1CC(C2CCCCC2C)C(C)N1. The second-order valence-electron chi connectivity index (χ2n) is 5.68. The Hall–Kier alpha value is -0.0400. The first kappa shape index (κ1) is 10.5. The summed E-state index contributed by atoms with van der Waals surface area (Å²) < 4.78 is 0. The number of rotatable bonds is 1. The van der Waals surface area contributed by atoms with Crippen LogP contribution in [0, 0.1) is 17.8 Å². The van der Waals surface area contributed by atoms with Crippen LogP contribution in [0.25, 0.3) is 0 Å². The Morgan fingerprint density at radius 1 is 0.929 bits per heavy atom. The maximum atomic E-state index is 3.68. The van der Waals surface area contributed by atoms with Crippen LogP contribution in [-0.4, -0.2) is 12.1 Å². The van der Waals surface area contributed by atoms with E-state index < -0.39 is 0 Å². The third-order valence-electron chi connectivity index (χ3n) is 4.54. The minimum absolute atomic E-state index is 0.754. The van der Waals surface area contributed by atoms with Crippen LogP contribution in [0.4, 0.5) is 0 Å². The zero-order valence-electron chi connectivity index (χ0n) is 9.92. The van der Waals surface area contributed by atoms with Gasteiger partial charge in [-0.25, -0.2) is 0 Å². The van der Waals surface area contributed by atoms with Crippen LogP contribution in [0.1, 0.15) is 52.9 Å². The smallest absolute Gasteiger partial charge is 0.00728 e. The number of nitrogens with one attached hydrogen (secondary N) is 1. The molecule has 0 amide bonds. The monoisotopic (exact) mass is 195 g/mol. The highest BCUT2D eigenvalue weighted by atomic mass is 15.0. The topological polar surface area (TPSA) is 12.0 Å². The third-order valence-corrected chi connectivity index (χ3v) is 4.54. The molecule has 1 aliphatic heterocycles. The lowest BCUT2D eigenvalue weighted by atomic mass is 9.71. The van der Waals surface area contributed by atoms with Crippen LogP contribution >= 0.6 is 0 Å². The molecule has 1 saturated heterocycles. The van der Waals surface area contributed by atoms with Gasteiger partial charge in [-0.2, -0.15) is 0 Å². The van der Waals surface area contributed by atoms with Crippen LogP contribution in [-0.2, 0) is 0 Å². The molecule has 0 spiro atoms. The molecule has 1 saturated carbocycles. The van der Waals surface area contributed by atoms with E-state index in [-0.39, 0.29) is 0 Å². The molecule has 82 valence electrons. The Kier molecular flexibility index (Phi) is 3.16. The first-order valence-corrected chi connectivity index (χ1v) is 6.44. The van der Waals surface area contributed by atoms with Crippen LogP contribution < -0.4 is 5.32 Å². The fourth-order valence-corrected chi connectivity index (χ4v) is 3.78. The summed E-state index contributed by atoms with van der Waals surface area (Å²) in [5.41, 5.74) is 0. The van der Waals surface area contributed by atoms with Crippen molar-refractivity contribution in [3.05, 3.63) is 0 Å². The molecule has 2 rings (SSSR count). The average molecular weight is 195 g/mol. The molecule has 14 heavy (non-hydrogen) atoms. The fraction of sp³-hybridized carbons (Fsp3) is 1.00. The molecule has 2 aliphatic rings. The van der Waals surface area contributed by atoms with E-state index in [1.54, 1.807) is 0 Å². The summed E-state index contributed by atoms with van der Waals surface area (Å²) in [5, 5.41) is 3.68. The van der Waals surface area contributed by atoms with Gasteiger partial charge in [-0.1, -0.05) is 26.2 Å². The Bertz CT molecular complexity index is 186. The lowest BCUT2D eigenvalue weighted by Gasteiger charge is -2.35. The van der Waals surface area contributed by atoms with Crippen LogP contribution in [0.15, 0.2) is 0 Å². The second kappa shape index (κ2) is 4.22. The zero-order valence-corrected chi connectivity index (χ0v) is 9.92. The molecule has 0 aromatic rings. The van der Waals surface area contributed by atoms with Crippen molar-refractivity contribution in [2.75, 3.05) is 0 Å². The molecular weight excluding hydrogens is 170 g/mol. The van der Waals surface area contributed by atoms with Gasteiger partial charge in [0.1, 0.15) is 0 Å². The predicted molar refractivity (Wildman–Crippen MR) is 61.3 cm³/mol. The van der Waals surface area contributed by atoms with Gasteiger partial charge in [0.25, 0.3) is 0 Å². The van der Waals surface area contributed by atoms with E-state index in [9.17, 15) is 0 Å². The Labute approximate surface area is 88.7 Å². The summed E-state index contributed by atoms with van der Waals surface area (Å²) in [7, 11) is 0. The van der Waals surface area contributed by atoms with E-state index in [1.807, 2.05) is 0 Å². The van der Waals surface area contributed by atoms with Crippen molar-refractivity contribution in [2.45, 2.75) is 65.0 Å². The largest absolute Gasteiger partial charge is 0.311 e. The van der Waals surface area contributed by atoms with Gasteiger partial charge in [0, 0.05) is 12.1 Å². The Morgan fingerprint density at radius 3 is 2.21 bits per heavy atom. The van der Waals surface area contributed by atoms with Gasteiger partial charge in [-0.05, 0) is 44.4 Å². The van der Waals surface area contributed by atoms with Gasteiger partial charge >= 0.3 is 0 Å². The summed E-state index contributed by atoms with van der Waals surface area (Å²) in [4.78, 5) is 0. The van der Waals surface area contributed by atoms with Gasteiger partial charge in [0.15, 0.2) is 0 Å². The van der Waals surface area contributed by atoms with E-state index in [0.717, 1.165) is 29.8 Å². The third kappa shape index (κ3) is 1.98. The molecule has 0 aromatic carbocycles. The van der Waals surface area contributed by atoms with E-state index in [2.05, 4.69) is 26.1 Å². The standard InChI is InChI=1S/C13H25N/c1-9-6-4-5-7-12(9)13-8-10(2)14-11(13)3/h9-14H,4-8H2,1-3H3. The van der Waals surface area contributed by atoms with E-state index in [1.165, 1.54) is 32.1 Å². The van der Waals surface area contributed by atoms with Crippen molar-refractivity contribution >= 4 is 0 Å². The Balaban J connectivity index is 1.99. The quantitative estimate of drug-likeness (QED) is 0.677. The van der Waals surface area contributed by atoms with Gasteiger partial charge in [0.05, 0.1) is 0 Å². The van der Waals surface area contributed by atoms with Gasteiger partial charge in [-0.3, -0.25) is 0 Å². The van der Waals surface area contributed by atoms with Crippen molar-refractivity contribution in [1.29, 1.82) is 0 Å². The highest BCUT2D eigenvalue weighted by Gasteiger charge is 2.37.